The summed E-state index contributed by atoms with van der Waals surface area (Å²) in [6.07, 6.45) is 5.43. The summed E-state index contributed by atoms with van der Waals surface area (Å²) in [7, 11) is 0. The van der Waals surface area contributed by atoms with Crippen LogP contribution in [0.2, 0.25) is 5.28 Å². The van der Waals surface area contributed by atoms with Crippen LogP contribution in [-0.4, -0.2) is 46.1 Å². The summed E-state index contributed by atoms with van der Waals surface area (Å²) in [5, 5.41) is 0.257. The molecule has 0 bridgehead atoms. The van der Waals surface area contributed by atoms with Crippen molar-refractivity contribution in [1.82, 2.24) is 19.9 Å². The maximum atomic E-state index is 6.02. The van der Waals surface area contributed by atoms with Gasteiger partial charge in [0.1, 0.15) is 0 Å². The molecule has 0 atom stereocenters. The van der Waals surface area contributed by atoms with Crippen molar-refractivity contribution >= 4 is 34.3 Å². The molecule has 0 aromatic carbocycles. The maximum Gasteiger partial charge on any atom is 0.306 e. The Morgan fingerprint density at radius 3 is 2.73 bits per heavy atom. The van der Waals surface area contributed by atoms with Gasteiger partial charge in [0.2, 0.25) is 5.52 Å². The number of anilines is 2. The highest BCUT2D eigenvalue weighted by Crippen LogP contribution is 2.24. The number of nitrogens with one attached hydrogen (secondary N) is 2. The van der Waals surface area contributed by atoms with Crippen LogP contribution in [0.4, 0.5) is 11.5 Å². The van der Waals surface area contributed by atoms with Gasteiger partial charge in [-0.05, 0) is 23.7 Å². The third-order valence-corrected chi connectivity index (χ3v) is 4.05. The Labute approximate surface area is 132 Å². The van der Waals surface area contributed by atoms with Crippen molar-refractivity contribution in [2.45, 2.75) is 0 Å². The van der Waals surface area contributed by atoms with Gasteiger partial charge in [-0.1, -0.05) is 4.98 Å². The van der Waals surface area contributed by atoms with Crippen LogP contribution in [0.5, 0.6) is 0 Å². The van der Waals surface area contributed by atoms with Gasteiger partial charge in [-0.15, -0.1) is 0 Å². The molecule has 0 amide bonds. The molecule has 0 unspecified atom stereocenters. The molecule has 2 N–H and O–H groups in total. The van der Waals surface area contributed by atoms with Gasteiger partial charge in [0.15, 0.2) is 12.1 Å². The van der Waals surface area contributed by atoms with Gasteiger partial charge in [0, 0.05) is 32.4 Å². The molecule has 112 valence electrons. The van der Waals surface area contributed by atoms with Crippen LogP contribution in [0, 0.1) is 0 Å². The summed E-state index contributed by atoms with van der Waals surface area (Å²) in [5.41, 5.74) is 2.77. The highest BCUT2D eigenvalue weighted by Gasteiger charge is 2.24. The van der Waals surface area contributed by atoms with E-state index in [1.165, 1.54) is 0 Å². The molecule has 4 heterocycles. The monoisotopic (exact) mass is 316 g/mol. The van der Waals surface area contributed by atoms with E-state index >= 15 is 0 Å². The molecule has 0 aliphatic carbocycles. The first kappa shape index (κ1) is 13.3. The second-order valence-corrected chi connectivity index (χ2v) is 5.50. The standard InChI is InChI=1S/C14H14ClN7/c15-14-19-12-11(17-9-18-12)13(20-14)22-6-4-21(5-7-22)10-2-1-3-16-8-10/h1-3,8-9H,4-7H2,(H,17,18,19,20)/p+1. The Morgan fingerprint density at radius 2 is 1.95 bits per heavy atom. The number of aromatic amines is 2. The lowest BCUT2D eigenvalue weighted by Crippen LogP contribution is -2.47. The number of imidazole rings is 1. The molecule has 0 saturated carbocycles. The zero-order valence-electron chi connectivity index (χ0n) is 11.8. The third-order valence-electron chi connectivity index (χ3n) is 3.88. The molecule has 1 aliphatic rings. The SMILES string of the molecule is Clc1nc(N2CCN(c3cccnc3)CC2)c2[nH]c[nH+]c2n1. The van der Waals surface area contributed by atoms with E-state index in [2.05, 4.69) is 40.8 Å². The molecule has 3 aromatic rings. The molecular formula is C14H15ClN7+. The number of piperazine rings is 1. The van der Waals surface area contributed by atoms with Crippen LogP contribution in [0.3, 0.4) is 0 Å². The molecule has 0 spiro atoms. The number of hydrogen-bond donors (Lipinski definition) is 1. The Hall–Kier alpha value is -2.41. The fraction of sp³-hybridized carbons (Fsp3) is 0.286. The second-order valence-electron chi connectivity index (χ2n) is 5.16. The number of nitrogens with zero attached hydrogens (tertiary/aromatic N) is 5. The molecule has 8 heteroatoms. The summed E-state index contributed by atoms with van der Waals surface area (Å²) >= 11 is 6.02. The molecule has 1 saturated heterocycles. The van der Waals surface area contributed by atoms with Gasteiger partial charge >= 0.3 is 10.9 Å². The third kappa shape index (κ3) is 2.33. The van der Waals surface area contributed by atoms with Crippen molar-refractivity contribution < 1.29 is 4.98 Å². The van der Waals surface area contributed by atoms with Gasteiger partial charge < -0.3 is 9.80 Å². The number of aromatic nitrogens is 5. The molecule has 22 heavy (non-hydrogen) atoms. The fourth-order valence-electron chi connectivity index (χ4n) is 2.78. The summed E-state index contributed by atoms with van der Waals surface area (Å²) in [5.74, 6) is 0.849. The van der Waals surface area contributed by atoms with Gasteiger partial charge in [-0.2, -0.15) is 4.98 Å². The van der Waals surface area contributed by atoms with Gasteiger partial charge in [-0.25, -0.2) is 4.98 Å². The van der Waals surface area contributed by atoms with Crippen LogP contribution < -0.4 is 14.8 Å². The van der Waals surface area contributed by atoms with E-state index in [4.69, 9.17) is 11.6 Å². The smallest absolute Gasteiger partial charge is 0.306 e. The van der Waals surface area contributed by atoms with Crippen LogP contribution in [0.15, 0.2) is 30.9 Å². The minimum Gasteiger partial charge on any atom is -0.367 e. The number of halogens is 1. The molecule has 4 rings (SSSR count). The number of rotatable bonds is 2. The Bertz CT molecular complexity index is 780. The summed E-state index contributed by atoms with van der Waals surface area (Å²) in [6, 6.07) is 4.05. The second kappa shape index (κ2) is 5.42. The van der Waals surface area contributed by atoms with Crippen molar-refractivity contribution in [2.75, 3.05) is 36.0 Å². The first-order valence-electron chi connectivity index (χ1n) is 7.13. The predicted molar refractivity (Wildman–Crippen MR) is 84.1 cm³/mol. The molecule has 7 nitrogen and oxygen atoms in total. The van der Waals surface area contributed by atoms with Crippen LogP contribution in [-0.2, 0) is 0 Å². The summed E-state index contributed by atoms with van der Waals surface area (Å²) in [6.45, 7) is 3.57. The topological polar surface area (TPSA) is 75.1 Å². The average molecular weight is 317 g/mol. The van der Waals surface area contributed by atoms with E-state index in [1.807, 2.05) is 12.3 Å². The lowest BCUT2D eigenvalue weighted by Gasteiger charge is -2.36. The van der Waals surface area contributed by atoms with Gasteiger partial charge in [0.05, 0.1) is 11.9 Å². The quantitative estimate of drug-likeness (QED) is 0.718. The van der Waals surface area contributed by atoms with Gasteiger partial charge in [0.25, 0.3) is 0 Å². The van der Waals surface area contributed by atoms with Gasteiger partial charge in [-0.3, -0.25) is 9.97 Å². The van der Waals surface area contributed by atoms with E-state index in [1.54, 1.807) is 12.5 Å². The van der Waals surface area contributed by atoms with Crippen LogP contribution in [0.25, 0.3) is 11.2 Å². The normalized spacial score (nSPS) is 15.5. The first-order valence-corrected chi connectivity index (χ1v) is 7.51. The lowest BCUT2D eigenvalue weighted by atomic mass is 10.2. The van der Waals surface area contributed by atoms with Crippen LogP contribution >= 0.6 is 11.6 Å². The van der Waals surface area contributed by atoms with E-state index in [0.717, 1.165) is 48.8 Å². The number of hydrogen-bond acceptors (Lipinski definition) is 5. The Morgan fingerprint density at radius 1 is 1.14 bits per heavy atom. The van der Waals surface area contributed by atoms with Crippen molar-refractivity contribution in [3.05, 3.63) is 36.1 Å². The highest BCUT2D eigenvalue weighted by molar-refractivity contribution is 6.28. The van der Waals surface area contributed by atoms with E-state index < -0.39 is 0 Å². The summed E-state index contributed by atoms with van der Waals surface area (Å²) < 4.78 is 0. The molecule has 0 radical (unpaired) electrons. The molecule has 1 fully saturated rings. The van der Waals surface area contributed by atoms with E-state index in [9.17, 15) is 0 Å². The number of H-pyrrole nitrogens is 2. The Kier molecular flexibility index (Phi) is 3.27. The van der Waals surface area contributed by atoms with Crippen LogP contribution in [0.1, 0.15) is 0 Å². The lowest BCUT2D eigenvalue weighted by molar-refractivity contribution is -0.347. The van der Waals surface area contributed by atoms with Crippen molar-refractivity contribution in [3.63, 3.8) is 0 Å². The number of fused-ring (bicyclic) bond motifs is 1. The average Bonchev–Trinajstić information content (AvgIpc) is 3.03. The zero-order valence-corrected chi connectivity index (χ0v) is 12.6. The minimum atomic E-state index is 0.257. The zero-order chi connectivity index (χ0) is 14.9. The maximum absolute atomic E-state index is 6.02. The van der Waals surface area contributed by atoms with Crippen molar-refractivity contribution in [2.24, 2.45) is 0 Å². The molecule has 3 aromatic heterocycles. The first-order chi connectivity index (χ1) is 10.8. The largest absolute Gasteiger partial charge is 0.367 e. The Balaban J connectivity index is 1.57. The highest BCUT2D eigenvalue weighted by atomic mass is 35.5. The number of pyridine rings is 1. The molecule has 1 aliphatic heterocycles. The summed E-state index contributed by atoms with van der Waals surface area (Å²) in [4.78, 5) is 23.5. The fourth-order valence-corrected chi connectivity index (χ4v) is 2.95. The van der Waals surface area contributed by atoms with E-state index in [-0.39, 0.29) is 5.28 Å². The molecular weight excluding hydrogens is 302 g/mol. The predicted octanol–water partition coefficient (Wildman–Crippen LogP) is 1.15. The van der Waals surface area contributed by atoms with Crippen molar-refractivity contribution in [1.29, 1.82) is 0 Å². The van der Waals surface area contributed by atoms with E-state index in [0.29, 0.717) is 0 Å². The minimum absolute atomic E-state index is 0.257. The van der Waals surface area contributed by atoms with Crippen molar-refractivity contribution in [3.8, 4) is 0 Å².